The van der Waals surface area contributed by atoms with Crippen LogP contribution in [0.4, 0.5) is 0 Å². The molecule has 5 rings (SSSR count). The number of aromatic nitrogens is 1. The van der Waals surface area contributed by atoms with Crippen molar-refractivity contribution in [2.45, 2.75) is 25.3 Å². The second kappa shape index (κ2) is 10.7. The van der Waals surface area contributed by atoms with Crippen LogP contribution in [0.1, 0.15) is 16.8 Å². The zero-order chi connectivity index (χ0) is 24.9. The molecule has 1 heterocycles. The highest BCUT2D eigenvalue weighted by Crippen LogP contribution is 2.26. The van der Waals surface area contributed by atoms with E-state index in [4.69, 9.17) is 0 Å². The van der Waals surface area contributed by atoms with Crippen LogP contribution in [0.15, 0.2) is 95.8 Å². The first-order valence-electron chi connectivity index (χ1n) is 11.9. The van der Waals surface area contributed by atoms with Gasteiger partial charge >= 0.3 is 5.97 Å². The molecule has 36 heavy (non-hydrogen) atoms. The predicted molar refractivity (Wildman–Crippen MR) is 144 cm³/mol. The highest BCUT2D eigenvalue weighted by atomic mass is 32.1. The highest BCUT2D eigenvalue weighted by Gasteiger charge is 2.27. The first-order valence-corrected chi connectivity index (χ1v) is 12.9. The minimum absolute atomic E-state index is 0.153. The van der Waals surface area contributed by atoms with Gasteiger partial charge in [0.25, 0.3) is 0 Å². The lowest BCUT2D eigenvalue weighted by Gasteiger charge is -2.22. The molecular formula is C30H26N2O3S. The molecule has 0 spiro atoms. The fraction of sp³-hybridized carbons (Fsp3) is 0.167. The van der Waals surface area contributed by atoms with Gasteiger partial charge in [-0.05, 0) is 45.5 Å². The van der Waals surface area contributed by atoms with Crippen LogP contribution in [0.25, 0.3) is 21.5 Å². The summed E-state index contributed by atoms with van der Waals surface area (Å²) < 4.78 is 0. The number of hydrogen-bond donors (Lipinski definition) is 2. The van der Waals surface area contributed by atoms with Gasteiger partial charge in [-0.15, -0.1) is 11.3 Å². The lowest BCUT2D eigenvalue weighted by molar-refractivity contribution is -0.142. The van der Waals surface area contributed by atoms with E-state index < -0.39 is 17.9 Å². The zero-order valence-corrected chi connectivity index (χ0v) is 20.4. The van der Waals surface area contributed by atoms with Crippen LogP contribution in [0.3, 0.4) is 0 Å². The Hall–Kier alpha value is -4.03. The van der Waals surface area contributed by atoms with Gasteiger partial charge in [0, 0.05) is 17.7 Å². The number of aliphatic carboxylic acids is 1. The predicted octanol–water partition coefficient (Wildman–Crippen LogP) is 5.66. The van der Waals surface area contributed by atoms with Crippen molar-refractivity contribution in [1.29, 1.82) is 0 Å². The second-order valence-corrected chi connectivity index (χ2v) is 9.68. The van der Waals surface area contributed by atoms with E-state index >= 15 is 0 Å². The molecule has 6 heteroatoms. The molecule has 1 unspecified atom stereocenters. The van der Waals surface area contributed by atoms with Gasteiger partial charge in [0.15, 0.2) is 0 Å². The SMILES string of the molecule is O=C(NC(Cc1cscn1)C(=O)O)C(Cc1cccc2ccccc12)Cc1cccc2ccccc12. The van der Waals surface area contributed by atoms with Crippen molar-refractivity contribution in [3.63, 3.8) is 0 Å². The molecule has 1 atom stereocenters. The normalized spacial score (nSPS) is 12.1. The molecule has 180 valence electrons. The van der Waals surface area contributed by atoms with E-state index in [1.165, 1.54) is 11.3 Å². The summed E-state index contributed by atoms with van der Waals surface area (Å²) in [5, 5.41) is 18.9. The maximum atomic E-state index is 13.7. The van der Waals surface area contributed by atoms with Crippen LogP contribution in [0, 0.1) is 5.92 Å². The molecule has 0 bridgehead atoms. The minimum Gasteiger partial charge on any atom is -0.480 e. The monoisotopic (exact) mass is 494 g/mol. The molecular weight excluding hydrogens is 468 g/mol. The smallest absolute Gasteiger partial charge is 0.326 e. The molecule has 1 amide bonds. The van der Waals surface area contributed by atoms with Crippen molar-refractivity contribution in [2.24, 2.45) is 5.92 Å². The standard InChI is InChI=1S/C30H26N2O3S/c33-29(32-28(30(34)35)17-25-18-36-19-31-25)24(15-22-11-5-9-20-7-1-3-13-26(20)22)16-23-12-6-10-21-8-2-4-14-27(21)23/h1-14,18-19,24,28H,15-17H2,(H,32,33)(H,34,35). The Labute approximate surface area is 213 Å². The van der Waals surface area contributed by atoms with E-state index in [1.54, 1.807) is 5.51 Å². The molecule has 1 aromatic heterocycles. The van der Waals surface area contributed by atoms with Gasteiger partial charge in [-0.2, -0.15) is 0 Å². The molecule has 0 aliphatic carbocycles. The van der Waals surface area contributed by atoms with E-state index in [2.05, 4.69) is 58.8 Å². The number of nitrogens with zero attached hydrogens (tertiary/aromatic N) is 1. The molecule has 0 saturated heterocycles. The third-order valence-corrected chi connectivity index (χ3v) is 7.21. The summed E-state index contributed by atoms with van der Waals surface area (Å²) in [6, 6.07) is 27.5. The molecule has 0 aliphatic heterocycles. The van der Waals surface area contributed by atoms with E-state index in [0.29, 0.717) is 18.5 Å². The summed E-state index contributed by atoms with van der Waals surface area (Å²) >= 11 is 1.41. The van der Waals surface area contributed by atoms with Crippen molar-refractivity contribution >= 4 is 44.8 Å². The summed E-state index contributed by atoms with van der Waals surface area (Å²) in [4.78, 5) is 29.9. The number of fused-ring (bicyclic) bond motifs is 2. The second-order valence-electron chi connectivity index (χ2n) is 8.97. The van der Waals surface area contributed by atoms with Gasteiger partial charge in [-0.3, -0.25) is 4.79 Å². The first kappa shape index (κ1) is 23.7. The molecule has 0 fully saturated rings. The van der Waals surface area contributed by atoms with Gasteiger partial charge in [0.2, 0.25) is 5.91 Å². The molecule has 5 nitrogen and oxygen atoms in total. The molecule has 0 aliphatic rings. The maximum absolute atomic E-state index is 13.7. The fourth-order valence-corrected chi connectivity index (χ4v) is 5.34. The van der Waals surface area contributed by atoms with Crippen LogP contribution in [-0.4, -0.2) is 28.0 Å². The Bertz CT molecular complexity index is 1420. The fourth-order valence-electron chi connectivity index (χ4n) is 4.77. The van der Waals surface area contributed by atoms with Gasteiger partial charge < -0.3 is 10.4 Å². The van der Waals surface area contributed by atoms with E-state index in [-0.39, 0.29) is 12.3 Å². The molecule has 2 N–H and O–H groups in total. The summed E-state index contributed by atoms with van der Waals surface area (Å²) in [6.07, 6.45) is 1.15. The number of benzene rings is 4. The van der Waals surface area contributed by atoms with Gasteiger partial charge in [-0.1, -0.05) is 84.9 Å². The number of amides is 1. The third kappa shape index (κ3) is 5.29. The molecule has 4 aromatic carbocycles. The number of rotatable bonds is 9. The van der Waals surface area contributed by atoms with E-state index in [0.717, 1.165) is 32.7 Å². The number of hydrogen-bond acceptors (Lipinski definition) is 4. The van der Waals surface area contributed by atoms with Gasteiger partial charge in [0.1, 0.15) is 6.04 Å². The van der Waals surface area contributed by atoms with Gasteiger partial charge in [0.05, 0.1) is 11.2 Å². The highest BCUT2D eigenvalue weighted by molar-refractivity contribution is 7.07. The largest absolute Gasteiger partial charge is 0.480 e. The number of nitrogens with one attached hydrogen (secondary N) is 1. The Balaban J connectivity index is 1.48. The van der Waals surface area contributed by atoms with Crippen molar-refractivity contribution in [2.75, 3.05) is 0 Å². The lowest BCUT2D eigenvalue weighted by Crippen LogP contribution is -2.45. The number of carbonyl (C=O) groups is 2. The van der Waals surface area contributed by atoms with E-state index in [1.807, 2.05) is 41.8 Å². The summed E-state index contributed by atoms with van der Waals surface area (Å²) in [7, 11) is 0. The summed E-state index contributed by atoms with van der Waals surface area (Å²) in [6.45, 7) is 0. The van der Waals surface area contributed by atoms with Crippen molar-refractivity contribution in [3.8, 4) is 0 Å². The van der Waals surface area contributed by atoms with Crippen molar-refractivity contribution in [1.82, 2.24) is 10.3 Å². The van der Waals surface area contributed by atoms with Crippen LogP contribution in [0.2, 0.25) is 0 Å². The molecule has 5 aromatic rings. The Morgan fingerprint density at radius 2 is 1.33 bits per heavy atom. The Kier molecular flexibility index (Phi) is 7.05. The van der Waals surface area contributed by atoms with Gasteiger partial charge in [-0.25, -0.2) is 9.78 Å². The van der Waals surface area contributed by atoms with Crippen LogP contribution >= 0.6 is 11.3 Å². The minimum atomic E-state index is -1.06. The summed E-state index contributed by atoms with van der Waals surface area (Å²) in [5.74, 6) is -1.78. The topological polar surface area (TPSA) is 79.3 Å². The quantitative estimate of drug-likeness (QED) is 0.277. The number of thiazole rings is 1. The van der Waals surface area contributed by atoms with Crippen LogP contribution in [0.5, 0.6) is 0 Å². The molecule has 0 saturated carbocycles. The van der Waals surface area contributed by atoms with Crippen molar-refractivity contribution < 1.29 is 14.7 Å². The summed E-state index contributed by atoms with van der Waals surface area (Å²) in [5.41, 5.74) is 4.46. The number of carboxylic acid groups (broad SMARTS) is 1. The first-order chi connectivity index (χ1) is 17.6. The Morgan fingerprint density at radius 3 is 1.86 bits per heavy atom. The van der Waals surface area contributed by atoms with Crippen LogP contribution in [-0.2, 0) is 28.9 Å². The average molecular weight is 495 g/mol. The number of carboxylic acids is 1. The third-order valence-electron chi connectivity index (χ3n) is 6.57. The van der Waals surface area contributed by atoms with Crippen molar-refractivity contribution in [3.05, 3.63) is 113 Å². The maximum Gasteiger partial charge on any atom is 0.326 e. The zero-order valence-electron chi connectivity index (χ0n) is 19.6. The average Bonchev–Trinajstić information content (AvgIpc) is 3.41. The Morgan fingerprint density at radius 1 is 0.778 bits per heavy atom. The van der Waals surface area contributed by atoms with E-state index in [9.17, 15) is 14.7 Å². The lowest BCUT2D eigenvalue weighted by atomic mass is 9.87. The molecule has 0 radical (unpaired) electrons. The van der Waals surface area contributed by atoms with Crippen LogP contribution < -0.4 is 5.32 Å². The number of carbonyl (C=O) groups excluding carboxylic acids is 1.